The number of aromatic nitrogens is 3. The van der Waals surface area contributed by atoms with E-state index in [4.69, 9.17) is 10.1 Å². The van der Waals surface area contributed by atoms with Gasteiger partial charge in [0, 0.05) is 11.7 Å². The summed E-state index contributed by atoms with van der Waals surface area (Å²) >= 11 is 0. The monoisotopic (exact) mass is 357 g/mol. The fourth-order valence-corrected chi connectivity index (χ4v) is 3.48. The molecule has 0 atom stereocenters. The van der Waals surface area contributed by atoms with Gasteiger partial charge < -0.3 is 10.6 Å². The molecule has 0 spiro atoms. The van der Waals surface area contributed by atoms with Gasteiger partial charge in [0.05, 0.1) is 22.2 Å². The van der Waals surface area contributed by atoms with Crippen molar-refractivity contribution in [2.24, 2.45) is 0 Å². The molecule has 0 bridgehead atoms. The lowest BCUT2D eigenvalue weighted by atomic mass is 10.0. The van der Waals surface area contributed by atoms with Crippen molar-refractivity contribution in [1.29, 1.82) is 0 Å². The molecule has 6 nitrogen and oxygen atoms in total. The molecule has 2 aromatic rings. The van der Waals surface area contributed by atoms with Crippen molar-refractivity contribution >= 4 is 16.9 Å². The highest BCUT2D eigenvalue weighted by Crippen LogP contribution is 2.29. The van der Waals surface area contributed by atoms with Crippen molar-refractivity contribution < 1.29 is 4.79 Å². The average Bonchev–Trinajstić information content (AvgIpc) is 2.92. The quantitative estimate of drug-likeness (QED) is 0.885. The van der Waals surface area contributed by atoms with Gasteiger partial charge >= 0.3 is 0 Å². The number of amides is 1. The molecule has 26 heavy (non-hydrogen) atoms. The third-order valence-electron chi connectivity index (χ3n) is 4.98. The number of rotatable bonds is 3. The molecular weight excluding hydrogens is 326 g/mol. The van der Waals surface area contributed by atoms with Crippen molar-refractivity contribution in [3.63, 3.8) is 0 Å². The zero-order valence-electron chi connectivity index (χ0n) is 16.8. The summed E-state index contributed by atoms with van der Waals surface area (Å²) in [5.41, 5.74) is 3.09. The highest BCUT2D eigenvalue weighted by molar-refractivity contribution is 6.06. The third-order valence-corrected chi connectivity index (χ3v) is 4.98. The predicted molar refractivity (Wildman–Crippen MR) is 105 cm³/mol. The van der Waals surface area contributed by atoms with Crippen molar-refractivity contribution in [2.45, 2.75) is 71.9 Å². The summed E-state index contributed by atoms with van der Waals surface area (Å²) in [6, 6.07) is 2.18. The van der Waals surface area contributed by atoms with Crippen LogP contribution in [0.3, 0.4) is 0 Å². The van der Waals surface area contributed by atoms with Gasteiger partial charge in [-0.05, 0) is 65.6 Å². The molecule has 1 aliphatic rings. The molecule has 3 heterocycles. The van der Waals surface area contributed by atoms with Crippen LogP contribution in [0.2, 0.25) is 0 Å². The second kappa shape index (κ2) is 6.99. The van der Waals surface area contributed by atoms with E-state index in [0.29, 0.717) is 5.56 Å². The van der Waals surface area contributed by atoms with Crippen molar-refractivity contribution in [3.05, 3.63) is 23.0 Å². The molecular formula is C20H31N5O. The minimum atomic E-state index is -0.197. The lowest BCUT2D eigenvalue weighted by Crippen LogP contribution is -2.42. The van der Waals surface area contributed by atoms with Crippen LogP contribution in [0.1, 0.15) is 75.1 Å². The number of carbonyl (C=O) groups is 1. The molecule has 6 heteroatoms. The van der Waals surface area contributed by atoms with Gasteiger partial charge in [-0.3, -0.25) is 4.79 Å². The number of carbonyl (C=O) groups excluding carboxylic acids is 1. The van der Waals surface area contributed by atoms with Gasteiger partial charge in [0.25, 0.3) is 5.91 Å². The topological polar surface area (TPSA) is 71.8 Å². The molecule has 2 aromatic heterocycles. The Bertz CT molecular complexity index is 810. The van der Waals surface area contributed by atoms with Gasteiger partial charge in [-0.1, -0.05) is 13.8 Å². The number of pyridine rings is 1. The van der Waals surface area contributed by atoms with Crippen LogP contribution in [0, 0.1) is 6.92 Å². The van der Waals surface area contributed by atoms with Gasteiger partial charge in [0.2, 0.25) is 0 Å². The van der Waals surface area contributed by atoms with E-state index in [1.165, 1.54) is 0 Å². The van der Waals surface area contributed by atoms with E-state index in [1.807, 2.05) is 17.7 Å². The Balaban J connectivity index is 2.10. The van der Waals surface area contributed by atoms with Crippen molar-refractivity contribution in [1.82, 2.24) is 25.4 Å². The van der Waals surface area contributed by atoms with Gasteiger partial charge in [-0.25, -0.2) is 9.67 Å². The standard InChI is InChI=1S/C20H31N5O/c1-12(2)16-11-15(19(26)22-14-7-9-21-10-8-14)17-13(3)24-25(18(17)23-16)20(4,5)6/h11-12,14,21H,7-10H2,1-6H3,(H,22,26). The lowest BCUT2D eigenvalue weighted by molar-refractivity contribution is 0.0931. The van der Waals surface area contributed by atoms with Crippen LogP contribution >= 0.6 is 0 Å². The predicted octanol–water partition coefficient (Wildman–Crippen LogP) is 3.10. The highest BCUT2D eigenvalue weighted by atomic mass is 16.1. The molecule has 0 aromatic carbocycles. The van der Waals surface area contributed by atoms with Crippen LogP contribution in [0.15, 0.2) is 6.07 Å². The maximum absolute atomic E-state index is 13.1. The SMILES string of the molecule is Cc1nn(C(C)(C)C)c2nc(C(C)C)cc(C(=O)NC3CCNCC3)c12. The van der Waals surface area contributed by atoms with Crippen LogP contribution in [0.5, 0.6) is 0 Å². The van der Waals surface area contributed by atoms with E-state index in [9.17, 15) is 4.79 Å². The summed E-state index contributed by atoms with van der Waals surface area (Å²) < 4.78 is 1.95. The summed E-state index contributed by atoms with van der Waals surface area (Å²) in [7, 11) is 0. The number of hydrogen-bond donors (Lipinski definition) is 2. The van der Waals surface area contributed by atoms with E-state index in [-0.39, 0.29) is 23.4 Å². The van der Waals surface area contributed by atoms with Gasteiger partial charge in [-0.2, -0.15) is 5.10 Å². The van der Waals surface area contributed by atoms with Crippen LogP contribution in [-0.2, 0) is 5.54 Å². The summed E-state index contributed by atoms with van der Waals surface area (Å²) in [4.78, 5) is 18.0. The zero-order valence-corrected chi connectivity index (χ0v) is 16.8. The molecule has 1 amide bonds. The Morgan fingerprint density at radius 2 is 1.96 bits per heavy atom. The summed E-state index contributed by atoms with van der Waals surface area (Å²) in [6.07, 6.45) is 1.94. The third kappa shape index (κ3) is 3.61. The van der Waals surface area contributed by atoms with Gasteiger partial charge in [0.1, 0.15) is 0 Å². The second-order valence-electron chi connectivity index (χ2n) is 8.61. The summed E-state index contributed by atoms with van der Waals surface area (Å²) in [5, 5.41) is 12.1. The van der Waals surface area contributed by atoms with E-state index in [0.717, 1.165) is 48.4 Å². The zero-order chi connectivity index (χ0) is 19.1. The smallest absolute Gasteiger partial charge is 0.252 e. The number of nitrogens with one attached hydrogen (secondary N) is 2. The first-order chi connectivity index (χ1) is 12.2. The minimum Gasteiger partial charge on any atom is -0.349 e. The summed E-state index contributed by atoms with van der Waals surface area (Å²) in [5.74, 6) is 0.233. The van der Waals surface area contributed by atoms with E-state index < -0.39 is 0 Å². The maximum Gasteiger partial charge on any atom is 0.252 e. The van der Waals surface area contributed by atoms with E-state index >= 15 is 0 Å². The van der Waals surface area contributed by atoms with E-state index in [2.05, 4.69) is 45.3 Å². The fraction of sp³-hybridized carbons (Fsp3) is 0.650. The molecule has 3 rings (SSSR count). The number of nitrogens with zero attached hydrogens (tertiary/aromatic N) is 3. The van der Waals surface area contributed by atoms with Crippen LogP contribution in [-0.4, -0.2) is 39.8 Å². The Hall–Kier alpha value is -1.95. The average molecular weight is 358 g/mol. The Morgan fingerprint density at radius 3 is 2.54 bits per heavy atom. The first-order valence-corrected chi connectivity index (χ1v) is 9.61. The number of aryl methyl sites for hydroxylation is 1. The van der Waals surface area contributed by atoms with Crippen LogP contribution in [0.4, 0.5) is 0 Å². The normalized spacial score (nSPS) is 16.4. The van der Waals surface area contributed by atoms with Gasteiger partial charge in [-0.15, -0.1) is 0 Å². The van der Waals surface area contributed by atoms with Crippen LogP contribution in [0.25, 0.3) is 11.0 Å². The summed E-state index contributed by atoms with van der Waals surface area (Å²) in [6.45, 7) is 14.4. The van der Waals surface area contributed by atoms with Crippen molar-refractivity contribution in [3.8, 4) is 0 Å². The molecule has 1 saturated heterocycles. The maximum atomic E-state index is 13.1. The lowest BCUT2D eigenvalue weighted by Gasteiger charge is -2.24. The highest BCUT2D eigenvalue weighted by Gasteiger charge is 2.26. The first-order valence-electron chi connectivity index (χ1n) is 9.61. The molecule has 0 unspecified atom stereocenters. The van der Waals surface area contributed by atoms with Crippen LogP contribution < -0.4 is 10.6 Å². The number of piperidine rings is 1. The Kier molecular flexibility index (Phi) is 5.06. The largest absolute Gasteiger partial charge is 0.349 e. The molecule has 0 radical (unpaired) electrons. The van der Waals surface area contributed by atoms with E-state index in [1.54, 1.807) is 0 Å². The second-order valence-corrected chi connectivity index (χ2v) is 8.61. The number of fused-ring (bicyclic) bond motifs is 1. The van der Waals surface area contributed by atoms with Crippen molar-refractivity contribution in [2.75, 3.05) is 13.1 Å². The molecule has 0 saturated carbocycles. The molecule has 1 aliphatic heterocycles. The minimum absolute atomic E-state index is 0.0113. The Labute approximate surface area is 155 Å². The molecule has 142 valence electrons. The Morgan fingerprint density at radius 1 is 1.31 bits per heavy atom. The fourth-order valence-electron chi connectivity index (χ4n) is 3.48. The molecule has 2 N–H and O–H groups in total. The van der Waals surface area contributed by atoms with Gasteiger partial charge in [0.15, 0.2) is 5.65 Å². The molecule has 1 fully saturated rings. The molecule has 0 aliphatic carbocycles. The number of hydrogen-bond acceptors (Lipinski definition) is 4. The first kappa shape index (κ1) is 18.8.